The summed E-state index contributed by atoms with van der Waals surface area (Å²) in [5.74, 6) is -0.399. The molecule has 0 unspecified atom stereocenters. The minimum absolute atomic E-state index is 0.189. The van der Waals surface area contributed by atoms with Crippen molar-refractivity contribution >= 4 is 29.1 Å². The molecule has 1 aromatic rings. The van der Waals surface area contributed by atoms with Crippen molar-refractivity contribution in [1.82, 2.24) is 10.2 Å². The van der Waals surface area contributed by atoms with E-state index in [1.807, 2.05) is 0 Å². The van der Waals surface area contributed by atoms with Gasteiger partial charge in [-0.15, -0.1) is 0 Å². The summed E-state index contributed by atoms with van der Waals surface area (Å²) in [6.07, 6.45) is 0. The highest BCUT2D eigenvalue weighted by Crippen LogP contribution is 2.22. The molecule has 0 radical (unpaired) electrons. The van der Waals surface area contributed by atoms with E-state index in [2.05, 4.69) is 10.6 Å². The van der Waals surface area contributed by atoms with Crippen LogP contribution in [0.15, 0.2) is 18.2 Å². The van der Waals surface area contributed by atoms with Gasteiger partial charge in [-0.05, 0) is 39.1 Å². The fourth-order valence-corrected chi connectivity index (χ4v) is 1.61. The van der Waals surface area contributed by atoms with Gasteiger partial charge in [0.15, 0.2) is 0 Å². The molecule has 2 amide bonds. The molecular formula is C14H20ClN3O2. The lowest BCUT2D eigenvalue weighted by molar-refractivity contribution is -0.121. The SMILES string of the molecule is CNC(C)(C)C(=O)Nc1ccc(Cl)c(C(=O)N(C)C)c1. The van der Waals surface area contributed by atoms with Crippen LogP contribution in [0, 0.1) is 0 Å². The van der Waals surface area contributed by atoms with E-state index in [4.69, 9.17) is 11.6 Å². The van der Waals surface area contributed by atoms with Gasteiger partial charge in [-0.25, -0.2) is 0 Å². The number of carbonyl (C=O) groups excluding carboxylic acids is 2. The Bertz CT molecular complexity index is 527. The molecule has 0 aromatic heterocycles. The number of rotatable bonds is 4. The van der Waals surface area contributed by atoms with Crippen LogP contribution >= 0.6 is 11.6 Å². The normalized spacial score (nSPS) is 11.1. The maximum absolute atomic E-state index is 12.1. The molecular weight excluding hydrogens is 278 g/mol. The van der Waals surface area contributed by atoms with Crippen molar-refractivity contribution in [1.29, 1.82) is 0 Å². The number of benzene rings is 1. The Kier molecular flexibility index (Phi) is 5.14. The van der Waals surface area contributed by atoms with E-state index in [0.29, 0.717) is 16.3 Å². The van der Waals surface area contributed by atoms with Gasteiger partial charge in [-0.3, -0.25) is 9.59 Å². The number of hydrogen-bond acceptors (Lipinski definition) is 3. The van der Waals surface area contributed by atoms with E-state index in [1.54, 1.807) is 53.2 Å². The van der Waals surface area contributed by atoms with E-state index in [-0.39, 0.29) is 11.8 Å². The molecule has 0 bridgehead atoms. The fourth-order valence-electron chi connectivity index (χ4n) is 1.41. The molecule has 6 heteroatoms. The first kappa shape index (κ1) is 16.5. The van der Waals surface area contributed by atoms with Gasteiger partial charge in [-0.1, -0.05) is 11.6 Å². The minimum Gasteiger partial charge on any atom is -0.345 e. The molecule has 0 atom stereocenters. The maximum Gasteiger partial charge on any atom is 0.254 e. The average Bonchev–Trinajstić information content (AvgIpc) is 2.39. The number of likely N-dealkylation sites (N-methyl/N-ethyl adjacent to an activating group) is 1. The van der Waals surface area contributed by atoms with E-state index in [0.717, 1.165) is 0 Å². The van der Waals surface area contributed by atoms with Crippen LogP contribution in [0.4, 0.5) is 5.69 Å². The minimum atomic E-state index is -0.703. The van der Waals surface area contributed by atoms with Crippen LogP contribution in [0.25, 0.3) is 0 Å². The van der Waals surface area contributed by atoms with Crippen molar-refractivity contribution in [2.24, 2.45) is 0 Å². The van der Waals surface area contributed by atoms with Gasteiger partial charge in [0.05, 0.1) is 16.1 Å². The average molecular weight is 298 g/mol. The molecule has 0 aliphatic rings. The number of carbonyl (C=O) groups is 2. The topological polar surface area (TPSA) is 61.4 Å². The van der Waals surface area contributed by atoms with Crippen LogP contribution in [0.3, 0.4) is 0 Å². The number of nitrogens with zero attached hydrogens (tertiary/aromatic N) is 1. The predicted molar refractivity (Wildman–Crippen MR) is 81.2 cm³/mol. The first-order valence-corrected chi connectivity index (χ1v) is 6.58. The van der Waals surface area contributed by atoms with Gasteiger partial charge in [-0.2, -0.15) is 0 Å². The molecule has 1 rings (SSSR count). The Morgan fingerprint density at radius 2 is 1.85 bits per heavy atom. The second kappa shape index (κ2) is 6.24. The van der Waals surface area contributed by atoms with E-state index < -0.39 is 5.54 Å². The van der Waals surface area contributed by atoms with Crippen LogP contribution in [-0.4, -0.2) is 43.4 Å². The molecule has 0 aliphatic carbocycles. The zero-order valence-electron chi connectivity index (χ0n) is 12.4. The quantitative estimate of drug-likeness (QED) is 0.893. The zero-order chi connectivity index (χ0) is 15.5. The van der Waals surface area contributed by atoms with Crippen LogP contribution < -0.4 is 10.6 Å². The lowest BCUT2D eigenvalue weighted by Crippen LogP contribution is -2.47. The molecule has 0 aliphatic heterocycles. The summed E-state index contributed by atoms with van der Waals surface area (Å²) in [5.41, 5.74) is 0.190. The Balaban J connectivity index is 3.02. The lowest BCUT2D eigenvalue weighted by atomic mass is 10.0. The Hall–Kier alpha value is -1.59. The second-order valence-electron chi connectivity index (χ2n) is 5.22. The summed E-state index contributed by atoms with van der Waals surface area (Å²) in [6, 6.07) is 4.84. The molecule has 1 aromatic carbocycles. The van der Waals surface area contributed by atoms with Crippen molar-refractivity contribution in [2.75, 3.05) is 26.5 Å². The van der Waals surface area contributed by atoms with E-state index >= 15 is 0 Å². The monoisotopic (exact) mass is 297 g/mol. The number of halogens is 1. The van der Waals surface area contributed by atoms with Crippen molar-refractivity contribution in [3.8, 4) is 0 Å². The Morgan fingerprint density at radius 3 is 2.35 bits per heavy atom. The molecule has 110 valence electrons. The van der Waals surface area contributed by atoms with Crippen molar-refractivity contribution in [3.63, 3.8) is 0 Å². The summed E-state index contributed by atoms with van der Waals surface area (Å²) in [7, 11) is 5.00. The molecule has 0 spiro atoms. The maximum atomic E-state index is 12.1. The highest BCUT2D eigenvalue weighted by atomic mass is 35.5. The molecule has 0 saturated heterocycles. The van der Waals surface area contributed by atoms with Gasteiger partial charge in [0.25, 0.3) is 5.91 Å². The third-order valence-electron chi connectivity index (χ3n) is 3.05. The summed E-state index contributed by atoms with van der Waals surface area (Å²) >= 11 is 6.02. The van der Waals surface area contributed by atoms with Gasteiger partial charge in [0, 0.05) is 19.8 Å². The summed E-state index contributed by atoms with van der Waals surface area (Å²) in [5, 5.41) is 6.03. The van der Waals surface area contributed by atoms with Crippen LogP contribution in [0.1, 0.15) is 24.2 Å². The highest BCUT2D eigenvalue weighted by Gasteiger charge is 2.25. The van der Waals surface area contributed by atoms with Crippen molar-refractivity contribution in [2.45, 2.75) is 19.4 Å². The Labute approximate surface area is 124 Å². The third kappa shape index (κ3) is 3.71. The molecule has 0 saturated carbocycles. The summed E-state index contributed by atoms with van der Waals surface area (Å²) < 4.78 is 0. The highest BCUT2D eigenvalue weighted by molar-refractivity contribution is 6.34. The predicted octanol–water partition coefficient (Wildman–Crippen LogP) is 1.98. The first-order valence-electron chi connectivity index (χ1n) is 6.20. The molecule has 0 heterocycles. The summed E-state index contributed by atoms with van der Waals surface area (Å²) in [4.78, 5) is 25.5. The third-order valence-corrected chi connectivity index (χ3v) is 3.38. The molecule has 0 fully saturated rings. The van der Waals surface area contributed by atoms with Gasteiger partial charge >= 0.3 is 0 Å². The lowest BCUT2D eigenvalue weighted by Gasteiger charge is -2.23. The van der Waals surface area contributed by atoms with Crippen LogP contribution in [0.2, 0.25) is 5.02 Å². The molecule has 20 heavy (non-hydrogen) atoms. The first-order chi connectivity index (χ1) is 9.19. The summed E-state index contributed by atoms with van der Waals surface area (Å²) in [6.45, 7) is 3.54. The number of hydrogen-bond donors (Lipinski definition) is 2. The second-order valence-corrected chi connectivity index (χ2v) is 5.63. The van der Waals surface area contributed by atoms with E-state index in [1.165, 1.54) is 4.90 Å². The van der Waals surface area contributed by atoms with E-state index in [9.17, 15) is 9.59 Å². The van der Waals surface area contributed by atoms with Crippen LogP contribution in [0.5, 0.6) is 0 Å². The smallest absolute Gasteiger partial charge is 0.254 e. The van der Waals surface area contributed by atoms with Crippen molar-refractivity contribution in [3.05, 3.63) is 28.8 Å². The Morgan fingerprint density at radius 1 is 1.25 bits per heavy atom. The zero-order valence-corrected chi connectivity index (χ0v) is 13.1. The van der Waals surface area contributed by atoms with Gasteiger partial charge in [0.1, 0.15) is 0 Å². The van der Waals surface area contributed by atoms with Crippen molar-refractivity contribution < 1.29 is 9.59 Å². The standard InChI is InChI=1S/C14H20ClN3O2/c1-14(2,16-3)13(20)17-9-6-7-11(15)10(8-9)12(19)18(4)5/h6-8,16H,1-5H3,(H,17,20). The number of nitrogens with one attached hydrogen (secondary N) is 2. The molecule has 2 N–H and O–H groups in total. The fraction of sp³-hybridized carbons (Fsp3) is 0.429. The number of amides is 2. The van der Waals surface area contributed by atoms with Gasteiger partial charge < -0.3 is 15.5 Å². The largest absolute Gasteiger partial charge is 0.345 e. The van der Waals surface area contributed by atoms with Crippen LogP contribution in [-0.2, 0) is 4.79 Å². The number of anilines is 1. The molecule has 5 nitrogen and oxygen atoms in total. The van der Waals surface area contributed by atoms with Gasteiger partial charge in [0.2, 0.25) is 5.91 Å².